The van der Waals surface area contributed by atoms with Crippen molar-refractivity contribution in [3.05, 3.63) is 35.4 Å². The first-order valence-corrected chi connectivity index (χ1v) is 8.20. The molecule has 0 saturated carbocycles. The van der Waals surface area contributed by atoms with Gasteiger partial charge in [0.25, 0.3) is 0 Å². The molecule has 126 valence electrons. The number of rotatable bonds is 5. The van der Waals surface area contributed by atoms with Crippen molar-refractivity contribution in [3.63, 3.8) is 0 Å². The van der Waals surface area contributed by atoms with Crippen molar-refractivity contribution in [2.24, 2.45) is 0 Å². The van der Waals surface area contributed by atoms with Crippen LogP contribution in [0, 0.1) is 6.92 Å². The Kier molecular flexibility index (Phi) is 6.59. The quantitative estimate of drug-likeness (QED) is 0.829. The van der Waals surface area contributed by atoms with Gasteiger partial charge >= 0.3 is 0 Å². The van der Waals surface area contributed by atoms with Crippen LogP contribution in [0.5, 0.6) is 0 Å². The Labute approximate surface area is 138 Å². The minimum Gasteiger partial charge on any atom is -0.375 e. The molecular weight excluding hydrogens is 292 g/mol. The first-order chi connectivity index (χ1) is 11.1. The molecule has 2 rings (SSSR count). The zero-order valence-electron chi connectivity index (χ0n) is 14.1. The van der Waals surface area contributed by atoms with Crippen molar-refractivity contribution >= 4 is 11.8 Å². The third kappa shape index (κ3) is 5.36. The van der Waals surface area contributed by atoms with E-state index in [1.807, 2.05) is 4.90 Å². The number of amides is 2. The van der Waals surface area contributed by atoms with Gasteiger partial charge in [0.15, 0.2) is 0 Å². The van der Waals surface area contributed by atoms with Crippen LogP contribution >= 0.6 is 0 Å². The molecule has 23 heavy (non-hydrogen) atoms. The lowest BCUT2D eigenvalue weighted by Crippen LogP contribution is -2.38. The van der Waals surface area contributed by atoms with Crippen molar-refractivity contribution in [1.82, 2.24) is 9.80 Å². The van der Waals surface area contributed by atoms with Crippen LogP contribution in [0.4, 0.5) is 0 Å². The van der Waals surface area contributed by atoms with Gasteiger partial charge in [0, 0.05) is 39.7 Å². The second-order valence-corrected chi connectivity index (χ2v) is 6.03. The molecule has 1 saturated heterocycles. The highest BCUT2D eigenvalue weighted by Crippen LogP contribution is 2.10. The number of carbonyl (C=O) groups excluding carboxylic acids is 2. The monoisotopic (exact) mass is 318 g/mol. The van der Waals surface area contributed by atoms with Crippen LogP contribution in [-0.4, -0.2) is 61.5 Å². The zero-order valence-corrected chi connectivity index (χ0v) is 14.1. The summed E-state index contributed by atoms with van der Waals surface area (Å²) in [6.45, 7) is 4.80. The van der Waals surface area contributed by atoms with Crippen LogP contribution in [0.1, 0.15) is 24.0 Å². The van der Waals surface area contributed by atoms with Gasteiger partial charge in [0.2, 0.25) is 11.8 Å². The Morgan fingerprint density at radius 3 is 2.22 bits per heavy atom. The van der Waals surface area contributed by atoms with E-state index < -0.39 is 0 Å². The van der Waals surface area contributed by atoms with E-state index in [0.717, 1.165) is 19.4 Å². The number of aryl methyl sites for hydroxylation is 2. The molecule has 0 aliphatic carbocycles. The van der Waals surface area contributed by atoms with Gasteiger partial charge < -0.3 is 14.5 Å². The molecule has 1 aromatic carbocycles. The molecule has 1 heterocycles. The maximum atomic E-state index is 12.4. The molecule has 5 heteroatoms. The molecule has 0 radical (unpaired) electrons. The maximum Gasteiger partial charge on any atom is 0.248 e. The normalized spacial score (nSPS) is 15.4. The zero-order chi connectivity index (χ0) is 16.7. The molecule has 0 unspecified atom stereocenters. The summed E-state index contributed by atoms with van der Waals surface area (Å²) in [5.74, 6) is 0.174. The van der Waals surface area contributed by atoms with Gasteiger partial charge in [0.05, 0.1) is 0 Å². The van der Waals surface area contributed by atoms with Crippen molar-refractivity contribution < 1.29 is 14.3 Å². The van der Waals surface area contributed by atoms with E-state index in [1.165, 1.54) is 18.2 Å². The van der Waals surface area contributed by atoms with E-state index in [2.05, 4.69) is 31.2 Å². The second kappa shape index (κ2) is 8.67. The van der Waals surface area contributed by atoms with Gasteiger partial charge in [-0.2, -0.15) is 0 Å². The average molecular weight is 318 g/mol. The van der Waals surface area contributed by atoms with Gasteiger partial charge in [-0.25, -0.2) is 0 Å². The molecule has 0 spiro atoms. The number of methoxy groups -OCH3 is 1. The Balaban J connectivity index is 1.81. The number of nitrogens with zero attached hydrogens (tertiary/aromatic N) is 2. The smallest absolute Gasteiger partial charge is 0.248 e. The summed E-state index contributed by atoms with van der Waals surface area (Å²) in [6.07, 6.45) is 2.11. The summed E-state index contributed by atoms with van der Waals surface area (Å²) in [5, 5.41) is 0. The van der Waals surface area contributed by atoms with Gasteiger partial charge in [-0.3, -0.25) is 9.59 Å². The SMILES string of the molecule is COCC(=O)N1CCCN(C(=O)CCc2ccc(C)cc2)CC1. The number of benzene rings is 1. The molecule has 5 nitrogen and oxygen atoms in total. The summed E-state index contributed by atoms with van der Waals surface area (Å²) < 4.78 is 4.90. The van der Waals surface area contributed by atoms with Crippen LogP contribution < -0.4 is 0 Å². The van der Waals surface area contributed by atoms with Gasteiger partial charge in [-0.05, 0) is 25.3 Å². The molecule has 0 N–H and O–H groups in total. The summed E-state index contributed by atoms with van der Waals surface area (Å²) in [6, 6.07) is 8.31. The minimum absolute atomic E-state index is 0.00135. The van der Waals surface area contributed by atoms with Crippen LogP contribution in [0.15, 0.2) is 24.3 Å². The third-order valence-electron chi connectivity index (χ3n) is 4.22. The highest BCUT2D eigenvalue weighted by atomic mass is 16.5. The molecule has 1 aliphatic heterocycles. The first-order valence-electron chi connectivity index (χ1n) is 8.20. The summed E-state index contributed by atoms with van der Waals surface area (Å²) >= 11 is 0. The van der Waals surface area contributed by atoms with E-state index in [-0.39, 0.29) is 18.4 Å². The van der Waals surface area contributed by atoms with E-state index >= 15 is 0 Å². The molecule has 0 aromatic heterocycles. The van der Waals surface area contributed by atoms with Gasteiger partial charge in [-0.1, -0.05) is 29.8 Å². The number of carbonyl (C=O) groups is 2. The Bertz CT molecular complexity index is 528. The van der Waals surface area contributed by atoms with Crippen molar-refractivity contribution in [2.75, 3.05) is 39.9 Å². The van der Waals surface area contributed by atoms with Gasteiger partial charge in [-0.15, -0.1) is 0 Å². The highest BCUT2D eigenvalue weighted by Gasteiger charge is 2.21. The Morgan fingerprint density at radius 1 is 1.00 bits per heavy atom. The average Bonchev–Trinajstić information content (AvgIpc) is 2.80. The molecule has 1 fully saturated rings. The lowest BCUT2D eigenvalue weighted by Gasteiger charge is -2.22. The molecule has 1 aromatic rings. The largest absolute Gasteiger partial charge is 0.375 e. The van der Waals surface area contributed by atoms with Crippen LogP contribution in [0.25, 0.3) is 0 Å². The fraction of sp³-hybridized carbons (Fsp3) is 0.556. The molecular formula is C18H26N2O3. The summed E-state index contributed by atoms with van der Waals surface area (Å²) in [5.41, 5.74) is 2.42. The lowest BCUT2D eigenvalue weighted by molar-refractivity contribution is -0.136. The van der Waals surface area contributed by atoms with Crippen LogP contribution in [0.2, 0.25) is 0 Å². The Morgan fingerprint density at radius 2 is 1.61 bits per heavy atom. The van der Waals surface area contributed by atoms with E-state index in [0.29, 0.717) is 26.1 Å². The van der Waals surface area contributed by atoms with E-state index in [9.17, 15) is 9.59 Å². The van der Waals surface area contributed by atoms with Crippen molar-refractivity contribution in [3.8, 4) is 0 Å². The minimum atomic E-state index is 0.00135. The Hall–Kier alpha value is -1.88. The highest BCUT2D eigenvalue weighted by molar-refractivity contribution is 5.78. The van der Waals surface area contributed by atoms with Crippen LogP contribution in [0.3, 0.4) is 0 Å². The summed E-state index contributed by atoms with van der Waals surface area (Å²) in [4.78, 5) is 27.9. The standard InChI is InChI=1S/C18H26N2O3/c1-15-4-6-16(7-5-15)8-9-17(21)19-10-3-11-20(13-12-19)18(22)14-23-2/h4-7H,3,8-14H2,1-2H3. The van der Waals surface area contributed by atoms with Crippen molar-refractivity contribution in [2.45, 2.75) is 26.2 Å². The fourth-order valence-electron chi connectivity index (χ4n) is 2.80. The lowest BCUT2D eigenvalue weighted by atomic mass is 10.1. The van der Waals surface area contributed by atoms with E-state index in [1.54, 1.807) is 4.90 Å². The fourth-order valence-corrected chi connectivity index (χ4v) is 2.80. The third-order valence-corrected chi connectivity index (χ3v) is 4.22. The molecule has 0 atom stereocenters. The summed E-state index contributed by atoms with van der Waals surface area (Å²) in [7, 11) is 1.52. The van der Waals surface area contributed by atoms with Crippen LogP contribution in [-0.2, 0) is 20.7 Å². The topological polar surface area (TPSA) is 49.9 Å². The second-order valence-electron chi connectivity index (χ2n) is 6.03. The van der Waals surface area contributed by atoms with E-state index in [4.69, 9.17) is 4.74 Å². The maximum absolute atomic E-state index is 12.4. The van der Waals surface area contributed by atoms with Gasteiger partial charge in [0.1, 0.15) is 6.61 Å². The molecule has 1 aliphatic rings. The number of hydrogen-bond donors (Lipinski definition) is 0. The van der Waals surface area contributed by atoms with Crippen molar-refractivity contribution in [1.29, 1.82) is 0 Å². The molecule has 2 amide bonds. The predicted molar refractivity (Wildman–Crippen MR) is 89.2 cm³/mol. The first kappa shape index (κ1) is 17.5. The molecule has 0 bridgehead atoms. The number of hydrogen-bond acceptors (Lipinski definition) is 3. The predicted octanol–water partition coefficient (Wildman–Crippen LogP) is 1.63. The number of ether oxygens (including phenoxy) is 1.